The Bertz CT molecular complexity index is 1000. The first-order chi connectivity index (χ1) is 15.5. The van der Waals surface area contributed by atoms with E-state index in [2.05, 4.69) is 30.6 Å². The first-order valence-corrected chi connectivity index (χ1v) is 10.5. The minimum Gasteiger partial charge on any atom is -0.354 e. The highest BCUT2D eigenvalue weighted by atomic mass is 32.1. The van der Waals surface area contributed by atoms with E-state index in [1.54, 1.807) is 11.6 Å². The highest BCUT2D eigenvalue weighted by Crippen LogP contribution is 2.28. The fraction of sp³-hybridized carbons (Fsp3) is 0.474. The van der Waals surface area contributed by atoms with Crippen LogP contribution in [0.5, 0.6) is 0 Å². The fourth-order valence-corrected chi connectivity index (χ4v) is 3.97. The van der Waals surface area contributed by atoms with E-state index in [9.17, 15) is 22.4 Å². The predicted molar refractivity (Wildman–Crippen MR) is 117 cm³/mol. The lowest BCUT2D eigenvalue weighted by molar-refractivity contribution is 0.102. The van der Waals surface area contributed by atoms with E-state index in [4.69, 9.17) is 0 Å². The minimum atomic E-state index is -2.78. The Hall–Kier alpha value is -2.80. The highest BCUT2D eigenvalue weighted by molar-refractivity contribution is 7.17. The van der Waals surface area contributed by atoms with Gasteiger partial charge in [-0.1, -0.05) is 0 Å². The predicted octanol–water partition coefficient (Wildman–Crippen LogP) is 3.59. The number of hydrogen-bond donors (Lipinski definition) is 2. The maximum atomic E-state index is 13.1. The Morgan fingerprint density at radius 2 is 1.97 bits per heavy atom. The molecule has 0 bridgehead atoms. The molecule has 2 N–H and O–H groups in total. The molecule has 4 rings (SSSR count). The molecule has 0 spiro atoms. The van der Waals surface area contributed by atoms with Gasteiger partial charge in [0.05, 0.1) is 31.8 Å². The SMILES string of the molecule is CF.CF.Cn1cc(NC(=O)c2csc3ncc(N4CCCNCC4)nc23)c(C(F)F)n1. The van der Waals surface area contributed by atoms with Crippen molar-refractivity contribution in [3.05, 3.63) is 29.0 Å². The van der Waals surface area contributed by atoms with Crippen LogP contribution in [-0.4, -0.2) is 66.2 Å². The van der Waals surface area contributed by atoms with Crippen molar-refractivity contribution in [3.63, 3.8) is 0 Å². The number of hydrogen-bond acceptors (Lipinski definition) is 7. The van der Waals surface area contributed by atoms with Gasteiger partial charge in [0.15, 0.2) is 5.69 Å². The average Bonchev–Trinajstić information content (AvgIpc) is 3.28. The van der Waals surface area contributed by atoms with Gasteiger partial charge in [0, 0.05) is 38.3 Å². The first kappa shape index (κ1) is 25.5. The Labute approximate surface area is 186 Å². The van der Waals surface area contributed by atoms with Crippen molar-refractivity contribution < 1.29 is 22.4 Å². The zero-order valence-corrected chi connectivity index (χ0v) is 18.7. The first-order valence-electron chi connectivity index (χ1n) is 9.61. The second-order valence-electron chi connectivity index (χ2n) is 6.48. The Balaban J connectivity index is 0.000000860. The summed E-state index contributed by atoms with van der Waals surface area (Å²) in [4.78, 5) is 24.6. The third-order valence-corrected chi connectivity index (χ3v) is 5.37. The molecule has 32 heavy (non-hydrogen) atoms. The molecule has 1 aliphatic rings. The fourth-order valence-electron chi connectivity index (χ4n) is 3.14. The molecule has 0 aliphatic carbocycles. The summed E-state index contributed by atoms with van der Waals surface area (Å²) in [5, 5.41) is 11.2. The van der Waals surface area contributed by atoms with E-state index in [1.807, 2.05) is 0 Å². The van der Waals surface area contributed by atoms with Gasteiger partial charge < -0.3 is 15.5 Å². The number of rotatable bonds is 4. The van der Waals surface area contributed by atoms with Crippen LogP contribution in [-0.2, 0) is 7.05 Å². The number of carbonyl (C=O) groups is 1. The number of nitrogens with zero attached hydrogens (tertiary/aromatic N) is 5. The largest absolute Gasteiger partial charge is 0.354 e. The van der Waals surface area contributed by atoms with Crippen molar-refractivity contribution in [1.29, 1.82) is 0 Å². The summed E-state index contributed by atoms with van der Waals surface area (Å²) >= 11 is 1.29. The van der Waals surface area contributed by atoms with Crippen molar-refractivity contribution in [3.8, 4) is 0 Å². The summed E-state index contributed by atoms with van der Waals surface area (Å²) in [6.07, 6.45) is 1.28. The van der Waals surface area contributed by atoms with Crippen LogP contribution in [0.15, 0.2) is 17.8 Å². The molecule has 1 saturated heterocycles. The average molecular weight is 476 g/mol. The quantitative estimate of drug-likeness (QED) is 0.561. The monoisotopic (exact) mass is 475 g/mol. The normalized spacial score (nSPS) is 13.7. The van der Waals surface area contributed by atoms with Gasteiger partial charge in [0.2, 0.25) is 0 Å². The van der Waals surface area contributed by atoms with Crippen LogP contribution in [0.3, 0.4) is 0 Å². The molecule has 3 aromatic heterocycles. The molecule has 176 valence electrons. The number of aryl methyl sites for hydroxylation is 1. The maximum absolute atomic E-state index is 13.1. The zero-order chi connectivity index (χ0) is 23.7. The molecule has 0 radical (unpaired) electrons. The van der Waals surface area contributed by atoms with Gasteiger partial charge in [-0.3, -0.25) is 18.3 Å². The van der Waals surface area contributed by atoms with Gasteiger partial charge in [0.25, 0.3) is 12.3 Å². The van der Waals surface area contributed by atoms with Crippen LogP contribution in [0, 0.1) is 0 Å². The number of halogens is 4. The molecule has 3 aromatic rings. The standard InChI is InChI=1S/C17H19F2N7OS.2CH3F/c1-25-8-11(14(24-25)15(18)19)22-16(27)10-9-28-17-13(10)23-12(7-21-17)26-5-2-3-20-4-6-26;2*1-2/h7-9,15,20H,2-6H2,1H3,(H,22,27);2*1H3. The number of aromatic nitrogens is 4. The van der Waals surface area contributed by atoms with Crippen molar-refractivity contribution in [2.45, 2.75) is 12.8 Å². The van der Waals surface area contributed by atoms with Gasteiger partial charge in [-0.2, -0.15) is 5.10 Å². The number of thiophene rings is 1. The smallest absolute Gasteiger partial charge is 0.284 e. The molecule has 0 saturated carbocycles. The van der Waals surface area contributed by atoms with E-state index >= 15 is 0 Å². The van der Waals surface area contributed by atoms with Crippen LogP contribution in [0.1, 0.15) is 28.9 Å². The van der Waals surface area contributed by atoms with Gasteiger partial charge in [0.1, 0.15) is 16.2 Å². The molecule has 1 aliphatic heterocycles. The Morgan fingerprint density at radius 1 is 1.22 bits per heavy atom. The lowest BCUT2D eigenvalue weighted by atomic mass is 10.2. The number of amides is 1. The van der Waals surface area contributed by atoms with Crippen LogP contribution in [0.2, 0.25) is 0 Å². The Morgan fingerprint density at radius 3 is 2.69 bits per heavy atom. The van der Waals surface area contributed by atoms with Crippen molar-refractivity contribution >= 4 is 39.1 Å². The molecule has 1 amide bonds. The van der Waals surface area contributed by atoms with Crippen LogP contribution in [0.4, 0.5) is 29.1 Å². The van der Waals surface area contributed by atoms with Crippen molar-refractivity contribution in [2.24, 2.45) is 7.05 Å². The summed E-state index contributed by atoms with van der Waals surface area (Å²) in [5.41, 5.74) is 0.315. The van der Waals surface area contributed by atoms with Crippen molar-refractivity contribution in [1.82, 2.24) is 25.1 Å². The topological polar surface area (TPSA) is 88.0 Å². The minimum absolute atomic E-state index is 0.00967. The molecule has 0 atom stereocenters. The second kappa shape index (κ2) is 12.3. The number of anilines is 2. The summed E-state index contributed by atoms with van der Waals surface area (Å²) in [5.74, 6) is 0.198. The Kier molecular flexibility index (Phi) is 9.78. The highest BCUT2D eigenvalue weighted by Gasteiger charge is 2.22. The van der Waals surface area contributed by atoms with Crippen LogP contribution >= 0.6 is 11.3 Å². The number of nitrogens with one attached hydrogen (secondary N) is 2. The van der Waals surface area contributed by atoms with E-state index in [-0.39, 0.29) is 5.69 Å². The molecule has 13 heteroatoms. The van der Waals surface area contributed by atoms with Crippen molar-refractivity contribution in [2.75, 3.05) is 50.8 Å². The molecule has 8 nitrogen and oxygen atoms in total. The summed E-state index contributed by atoms with van der Waals surface area (Å²) in [6.45, 7) is 3.47. The van der Waals surface area contributed by atoms with Gasteiger partial charge in [-0.05, 0) is 13.0 Å². The van der Waals surface area contributed by atoms with E-state index in [0.717, 1.165) is 32.6 Å². The van der Waals surface area contributed by atoms with Gasteiger partial charge in [-0.15, -0.1) is 11.3 Å². The van der Waals surface area contributed by atoms with Crippen LogP contribution in [0.25, 0.3) is 10.3 Å². The van der Waals surface area contributed by atoms with E-state index in [0.29, 0.717) is 36.1 Å². The molecule has 0 unspecified atom stereocenters. The van der Waals surface area contributed by atoms with E-state index < -0.39 is 18.0 Å². The molecule has 1 fully saturated rings. The van der Waals surface area contributed by atoms with Crippen LogP contribution < -0.4 is 15.5 Å². The summed E-state index contributed by atoms with van der Waals surface area (Å²) < 4.78 is 46.5. The molecule has 4 heterocycles. The number of fused-ring (bicyclic) bond motifs is 1. The third-order valence-electron chi connectivity index (χ3n) is 4.49. The lowest BCUT2D eigenvalue weighted by Gasteiger charge is -2.20. The van der Waals surface area contributed by atoms with Gasteiger partial charge >= 0.3 is 0 Å². The molecular weight excluding hydrogens is 450 g/mol. The number of alkyl halides is 4. The third kappa shape index (κ3) is 5.91. The summed E-state index contributed by atoms with van der Waals surface area (Å²) in [6, 6.07) is 0. The molecule has 0 aromatic carbocycles. The lowest BCUT2D eigenvalue weighted by Crippen LogP contribution is -2.28. The summed E-state index contributed by atoms with van der Waals surface area (Å²) in [7, 11) is 2.52. The van der Waals surface area contributed by atoms with E-state index in [1.165, 1.54) is 29.3 Å². The second-order valence-corrected chi connectivity index (χ2v) is 7.34. The maximum Gasteiger partial charge on any atom is 0.284 e. The zero-order valence-electron chi connectivity index (χ0n) is 17.9. The van der Waals surface area contributed by atoms with Gasteiger partial charge in [-0.25, -0.2) is 18.7 Å². The number of carbonyl (C=O) groups excluding carboxylic acids is 1. The molecular formula is C19H25F4N7OS.